The van der Waals surface area contributed by atoms with E-state index in [0.29, 0.717) is 11.1 Å². The third-order valence-corrected chi connectivity index (χ3v) is 4.29. The second-order valence-corrected chi connectivity index (χ2v) is 6.16. The van der Waals surface area contributed by atoms with Gasteiger partial charge in [-0.1, -0.05) is 30.9 Å². The van der Waals surface area contributed by atoms with E-state index in [2.05, 4.69) is 30.3 Å². The summed E-state index contributed by atoms with van der Waals surface area (Å²) in [4.78, 5) is 17.7. The summed E-state index contributed by atoms with van der Waals surface area (Å²) in [7, 11) is 0. The van der Waals surface area contributed by atoms with Crippen LogP contribution in [0.2, 0.25) is 5.15 Å². The highest BCUT2D eigenvalue weighted by atomic mass is 79.9. The normalized spacial score (nSPS) is 15.6. The molecule has 5 nitrogen and oxygen atoms in total. The second kappa shape index (κ2) is 7.22. The maximum atomic E-state index is 9.00. The summed E-state index contributed by atoms with van der Waals surface area (Å²) < 4.78 is 2.88. The van der Waals surface area contributed by atoms with Gasteiger partial charge in [0.1, 0.15) is 15.9 Å². The number of aromatic nitrogens is 3. The largest absolute Gasteiger partial charge is 0.481 e. The Bertz CT molecular complexity index is 634. The number of halogens is 2. The van der Waals surface area contributed by atoms with Crippen LogP contribution in [0.25, 0.3) is 5.52 Å². The number of rotatable bonds is 1. The van der Waals surface area contributed by atoms with Crippen LogP contribution >= 0.6 is 27.5 Å². The van der Waals surface area contributed by atoms with Gasteiger partial charge < -0.3 is 5.11 Å². The van der Waals surface area contributed by atoms with Gasteiger partial charge in [-0.2, -0.15) is 0 Å². The molecule has 0 amide bonds. The Hall–Kier alpha value is -1.14. The van der Waals surface area contributed by atoms with Crippen molar-refractivity contribution in [2.24, 2.45) is 0 Å². The molecule has 7 heteroatoms. The average Bonchev–Trinajstić information content (AvgIpc) is 2.78. The van der Waals surface area contributed by atoms with E-state index >= 15 is 0 Å². The molecule has 1 N–H and O–H groups in total. The van der Waals surface area contributed by atoms with Crippen molar-refractivity contribution in [2.75, 3.05) is 0 Å². The Labute approximate surface area is 136 Å². The molecule has 3 rings (SSSR count). The van der Waals surface area contributed by atoms with Crippen molar-refractivity contribution in [3.63, 3.8) is 0 Å². The SMILES string of the molecule is CC(=O)O.Clc1nccn2c(C3CCCCC3)nc(Br)c12. The van der Waals surface area contributed by atoms with Gasteiger partial charge in [0.05, 0.1) is 0 Å². The molecule has 1 fully saturated rings. The van der Waals surface area contributed by atoms with E-state index in [1.165, 1.54) is 32.1 Å². The van der Waals surface area contributed by atoms with Gasteiger partial charge in [0, 0.05) is 25.2 Å². The summed E-state index contributed by atoms with van der Waals surface area (Å²) >= 11 is 9.59. The van der Waals surface area contributed by atoms with Crippen LogP contribution < -0.4 is 0 Å². The molecule has 2 aromatic heterocycles. The fourth-order valence-electron chi connectivity index (χ4n) is 2.63. The summed E-state index contributed by atoms with van der Waals surface area (Å²) in [6.07, 6.45) is 10.1. The topological polar surface area (TPSA) is 67.5 Å². The summed E-state index contributed by atoms with van der Waals surface area (Å²) in [5.41, 5.74) is 0.884. The van der Waals surface area contributed by atoms with Crippen LogP contribution in [0.15, 0.2) is 17.0 Å². The first-order valence-electron chi connectivity index (χ1n) is 6.88. The van der Waals surface area contributed by atoms with E-state index in [-0.39, 0.29) is 0 Å². The van der Waals surface area contributed by atoms with Crippen LogP contribution in [-0.2, 0) is 4.79 Å². The average molecular weight is 375 g/mol. The van der Waals surface area contributed by atoms with Crippen LogP contribution in [0.1, 0.15) is 50.8 Å². The molecule has 2 heterocycles. The highest BCUT2D eigenvalue weighted by Gasteiger charge is 2.22. The second-order valence-electron chi connectivity index (χ2n) is 5.05. The van der Waals surface area contributed by atoms with E-state index in [4.69, 9.17) is 21.5 Å². The third kappa shape index (κ3) is 3.95. The minimum atomic E-state index is -0.833. The number of carbonyl (C=O) groups is 1. The molecule has 0 unspecified atom stereocenters. The van der Waals surface area contributed by atoms with E-state index in [1.807, 2.05) is 6.20 Å². The molecule has 114 valence electrons. The van der Waals surface area contributed by atoms with Crippen molar-refractivity contribution in [2.45, 2.75) is 44.9 Å². The molecule has 0 spiro atoms. The molecule has 1 aliphatic carbocycles. The lowest BCUT2D eigenvalue weighted by molar-refractivity contribution is -0.134. The molecular weight excluding hydrogens is 358 g/mol. The van der Waals surface area contributed by atoms with E-state index < -0.39 is 5.97 Å². The first-order chi connectivity index (χ1) is 10.0. The molecule has 0 bridgehead atoms. The van der Waals surface area contributed by atoms with Gasteiger partial charge in [-0.15, -0.1) is 0 Å². The van der Waals surface area contributed by atoms with E-state index in [0.717, 1.165) is 22.9 Å². The summed E-state index contributed by atoms with van der Waals surface area (Å²) in [6.45, 7) is 1.08. The minimum Gasteiger partial charge on any atom is -0.481 e. The van der Waals surface area contributed by atoms with Gasteiger partial charge in [0.2, 0.25) is 0 Å². The Morgan fingerprint density at radius 3 is 2.67 bits per heavy atom. The zero-order chi connectivity index (χ0) is 15.4. The molecule has 0 atom stereocenters. The van der Waals surface area contributed by atoms with Gasteiger partial charge >= 0.3 is 0 Å². The number of carboxylic acids is 1. The third-order valence-electron chi connectivity index (χ3n) is 3.47. The zero-order valence-corrected chi connectivity index (χ0v) is 14.1. The molecular formula is C14H17BrClN3O2. The predicted molar refractivity (Wildman–Crippen MR) is 84.8 cm³/mol. The fraction of sp³-hybridized carbons (Fsp3) is 0.500. The van der Waals surface area contributed by atoms with Gasteiger partial charge in [-0.25, -0.2) is 9.97 Å². The highest BCUT2D eigenvalue weighted by Crippen LogP contribution is 2.35. The Balaban J connectivity index is 0.000000361. The smallest absolute Gasteiger partial charge is 0.300 e. The molecule has 1 aliphatic rings. The quantitative estimate of drug-likeness (QED) is 0.809. The zero-order valence-electron chi connectivity index (χ0n) is 11.7. The lowest BCUT2D eigenvalue weighted by Gasteiger charge is -2.20. The number of aliphatic carboxylic acids is 1. The lowest BCUT2D eigenvalue weighted by atomic mass is 9.89. The van der Waals surface area contributed by atoms with E-state index in [1.54, 1.807) is 6.20 Å². The van der Waals surface area contributed by atoms with Crippen molar-refractivity contribution in [1.29, 1.82) is 0 Å². The number of nitrogens with zero attached hydrogens (tertiary/aromatic N) is 3. The Morgan fingerprint density at radius 1 is 1.43 bits per heavy atom. The molecule has 0 aromatic carbocycles. The number of fused-ring (bicyclic) bond motifs is 1. The first kappa shape index (κ1) is 16.2. The molecule has 21 heavy (non-hydrogen) atoms. The number of imidazole rings is 1. The van der Waals surface area contributed by atoms with Crippen LogP contribution in [0.5, 0.6) is 0 Å². The standard InChI is InChI=1S/C12H13BrClN3.C2H4O2/c13-10-9-11(14)15-6-7-17(9)12(16-10)8-4-2-1-3-5-8;1-2(3)4/h6-8H,1-5H2;1H3,(H,3,4). The van der Waals surface area contributed by atoms with Gasteiger partial charge in [-0.05, 0) is 28.8 Å². The Kier molecular flexibility index (Phi) is 5.58. The maximum absolute atomic E-state index is 9.00. The van der Waals surface area contributed by atoms with E-state index in [9.17, 15) is 0 Å². The minimum absolute atomic E-state index is 0.508. The maximum Gasteiger partial charge on any atom is 0.300 e. The van der Waals surface area contributed by atoms with Crippen molar-refractivity contribution < 1.29 is 9.90 Å². The highest BCUT2D eigenvalue weighted by molar-refractivity contribution is 9.10. The summed E-state index contributed by atoms with van der Waals surface area (Å²) in [5.74, 6) is 0.844. The molecule has 0 saturated heterocycles. The number of carboxylic acid groups (broad SMARTS) is 1. The van der Waals surface area contributed by atoms with Crippen LogP contribution in [0.4, 0.5) is 0 Å². The fourth-order valence-corrected chi connectivity index (χ4v) is 3.54. The monoisotopic (exact) mass is 373 g/mol. The van der Waals surface area contributed by atoms with Crippen molar-refractivity contribution in [3.05, 3.63) is 28.0 Å². The van der Waals surface area contributed by atoms with Crippen LogP contribution in [0.3, 0.4) is 0 Å². The molecule has 2 aromatic rings. The van der Waals surface area contributed by atoms with Crippen molar-refractivity contribution in [3.8, 4) is 0 Å². The molecule has 1 saturated carbocycles. The van der Waals surface area contributed by atoms with Gasteiger partial charge in [-0.3, -0.25) is 9.20 Å². The van der Waals surface area contributed by atoms with Gasteiger partial charge in [0.15, 0.2) is 5.15 Å². The molecule has 0 aliphatic heterocycles. The number of hydrogen-bond acceptors (Lipinski definition) is 3. The summed E-state index contributed by atoms with van der Waals surface area (Å²) in [6, 6.07) is 0. The first-order valence-corrected chi connectivity index (χ1v) is 8.05. The molecule has 0 radical (unpaired) electrons. The van der Waals surface area contributed by atoms with Crippen LogP contribution in [-0.4, -0.2) is 25.4 Å². The van der Waals surface area contributed by atoms with Crippen molar-refractivity contribution >= 4 is 39.0 Å². The summed E-state index contributed by atoms with van der Waals surface area (Å²) in [5, 5.41) is 7.92. The van der Waals surface area contributed by atoms with Crippen molar-refractivity contribution in [1.82, 2.24) is 14.4 Å². The van der Waals surface area contributed by atoms with Crippen LogP contribution in [0, 0.1) is 0 Å². The van der Waals surface area contributed by atoms with Gasteiger partial charge in [0.25, 0.3) is 5.97 Å². The predicted octanol–water partition coefficient (Wildman–Crippen LogP) is 4.28. The lowest BCUT2D eigenvalue weighted by Crippen LogP contribution is -2.08. The Morgan fingerprint density at radius 2 is 2.05 bits per heavy atom. The number of hydrogen-bond donors (Lipinski definition) is 1.